The van der Waals surface area contributed by atoms with E-state index in [9.17, 15) is 0 Å². The molecule has 1 rings (SSSR count). The van der Waals surface area contributed by atoms with Crippen LogP contribution >= 0.6 is 0 Å². The van der Waals surface area contributed by atoms with Crippen LogP contribution in [0.4, 0.5) is 0 Å². The van der Waals surface area contributed by atoms with E-state index in [1.165, 1.54) is 18.4 Å². The molecule has 66 valence electrons. The van der Waals surface area contributed by atoms with Crippen molar-refractivity contribution in [3.63, 3.8) is 0 Å². The fourth-order valence-electron chi connectivity index (χ4n) is 1.26. The predicted molar refractivity (Wildman–Crippen MR) is 54.1 cm³/mol. The fourth-order valence-corrected chi connectivity index (χ4v) is 1.26. The molecule has 0 amide bonds. The van der Waals surface area contributed by atoms with Crippen molar-refractivity contribution >= 4 is 0 Å². The second-order valence-electron chi connectivity index (χ2n) is 3.01. The molecule has 0 spiro atoms. The van der Waals surface area contributed by atoms with Gasteiger partial charge in [-0.1, -0.05) is 30.4 Å². The topological polar surface area (TPSA) is 12.0 Å². The first-order chi connectivity index (χ1) is 5.93. The van der Waals surface area contributed by atoms with Crippen LogP contribution in [0.3, 0.4) is 0 Å². The second-order valence-corrected chi connectivity index (χ2v) is 3.01. The molecule has 12 heavy (non-hydrogen) atoms. The molecule has 0 saturated heterocycles. The van der Waals surface area contributed by atoms with Gasteiger partial charge in [0, 0.05) is 0 Å². The highest BCUT2D eigenvalue weighted by molar-refractivity contribution is 5.27. The maximum atomic E-state index is 3.15. The van der Waals surface area contributed by atoms with Gasteiger partial charge in [-0.2, -0.15) is 0 Å². The third kappa shape index (κ3) is 3.54. The van der Waals surface area contributed by atoms with E-state index in [0.29, 0.717) is 0 Å². The lowest BCUT2D eigenvalue weighted by Crippen LogP contribution is -2.07. The van der Waals surface area contributed by atoms with Crippen molar-refractivity contribution in [1.29, 1.82) is 0 Å². The van der Waals surface area contributed by atoms with Gasteiger partial charge in [0.1, 0.15) is 0 Å². The zero-order chi connectivity index (χ0) is 8.65. The van der Waals surface area contributed by atoms with Crippen molar-refractivity contribution in [2.24, 2.45) is 0 Å². The molecule has 0 unspecified atom stereocenters. The number of hydrogen-bond acceptors (Lipinski definition) is 1. The maximum Gasteiger partial charge on any atom is -0.00488 e. The molecule has 0 aliphatic heterocycles. The van der Waals surface area contributed by atoms with Crippen molar-refractivity contribution in [2.45, 2.75) is 19.3 Å². The molecule has 0 atom stereocenters. The monoisotopic (exact) mass is 163 g/mol. The second kappa shape index (κ2) is 5.78. The lowest BCUT2D eigenvalue weighted by atomic mass is 10.1. The average Bonchev–Trinajstić information content (AvgIpc) is 2.33. The molecule has 0 aromatic rings. The highest BCUT2D eigenvalue weighted by atomic mass is 14.8. The molecule has 1 N–H and O–H groups in total. The van der Waals surface area contributed by atoms with Gasteiger partial charge < -0.3 is 5.32 Å². The molecule has 1 aliphatic rings. The van der Waals surface area contributed by atoms with Gasteiger partial charge in [-0.05, 0) is 38.4 Å². The summed E-state index contributed by atoms with van der Waals surface area (Å²) >= 11 is 0. The number of allylic oxidation sites excluding steroid dienone is 6. The van der Waals surface area contributed by atoms with Crippen molar-refractivity contribution in [3.05, 3.63) is 36.0 Å². The van der Waals surface area contributed by atoms with E-state index < -0.39 is 0 Å². The first-order valence-electron chi connectivity index (χ1n) is 4.60. The molecule has 0 bridgehead atoms. The Morgan fingerprint density at radius 2 is 2.33 bits per heavy atom. The van der Waals surface area contributed by atoms with E-state index >= 15 is 0 Å². The summed E-state index contributed by atoms with van der Waals surface area (Å²) < 4.78 is 0. The molecule has 0 heterocycles. The largest absolute Gasteiger partial charge is 0.320 e. The highest BCUT2D eigenvalue weighted by Crippen LogP contribution is 2.10. The van der Waals surface area contributed by atoms with Crippen LogP contribution in [0, 0.1) is 0 Å². The molecular formula is C11H17N. The van der Waals surface area contributed by atoms with Crippen LogP contribution in [0.15, 0.2) is 36.0 Å². The van der Waals surface area contributed by atoms with E-state index in [0.717, 1.165) is 13.0 Å². The van der Waals surface area contributed by atoms with Gasteiger partial charge in [-0.3, -0.25) is 0 Å². The lowest BCUT2D eigenvalue weighted by molar-refractivity contribution is 0.726. The van der Waals surface area contributed by atoms with Crippen LogP contribution in [0.2, 0.25) is 0 Å². The molecule has 0 fully saturated rings. The number of rotatable bonds is 4. The van der Waals surface area contributed by atoms with Crippen LogP contribution in [0.1, 0.15) is 19.3 Å². The lowest BCUT2D eigenvalue weighted by Gasteiger charge is -1.99. The third-order valence-electron chi connectivity index (χ3n) is 1.94. The molecule has 0 radical (unpaired) electrons. The molecule has 1 heteroatoms. The van der Waals surface area contributed by atoms with Crippen LogP contribution in [0.25, 0.3) is 0 Å². The quantitative estimate of drug-likeness (QED) is 0.628. The van der Waals surface area contributed by atoms with E-state index in [-0.39, 0.29) is 0 Å². The van der Waals surface area contributed by atoms with E-state index in [1.54, 1.807) is 0 Å². The van der Waals surface area contributed by atoms with Gasteiger partial charge in [0.05, 0.1) is 0 Å². The van der Waals surface area contributed by atoms with Crippen LogP contribution in [-0.4, -0.2) is 13.6 Å². The predicted octanol–water partition coefficient (Wildman–Crippen LogP) is 2.43. The Morgan fingerprint density at radius 1 is 1.42 bits per heavy atom. The fraction of sp³-hybridized carbons (Fsp3) is 0.455. The normalized spacial score (nSPS) is 15.9. The van der Waals surface area contributed by atoms with E-state index in [4.69, 9.17) is 0 Å². The van der Waals surface area contributed by atoms with Crippen LogP contribution in [0.5, 0.6) is 0 Å². The van der Waals surface area contributed by atoms with Crippen molar-refractivity contribution in [3.8, 4) is 0 Å². The summed E-state index contributed by atoms with van der Waals surface area (Å²) in [5.74, 6) is 0. The molecule has 0 aromatic carbocycles. The summed E-state index contributed by atoms with van der Waals surface area (Å²) in [6.07, 6.45) is 14.5. The molecule has 0 aromatic heterocycles. The zero-order valence-corrected chi connectivity index (χ0v) is 7.72. The number of hydrogen-bond donors (Lipinski definition) is 1. The molecular weight excluding hydrogens is 146 g/mol. The molecule has 1 nitrogen and oxygen atoms in total. The average molecular weight is 163 g/mol. The SMILES string of the molecule is CNCCCC1=CC=CCC=C1. The Balaban J connectivity index is 2.30. The highest BCUT2D eigenvalue weighted by Gasteiger charge is 1.92. The smallest absolute Gasteiger partial charge is 0.00488 e. The van der Waals surface area contributed by atoms with Gasteiger partial charge in [0.25, 0.3) is 0 Å². The van der Waals surface area contributed by atoms with Gasteiger partial charge in [-0.15, -0.1) is 0 Å². The summed E-state index contributed by atoms with van der Waals surface area (Å²) in [6.45, 7) is 1.11. The van der Waals surface area contributed by atoms with Crippen LogP contribution in [-0.2, 0) is 0 Å². The Labute approximate surface area is 74.9 Å². The van der Waals surface area contributed by atoms with Gasteiger partial charge in [0.2, 0.25) is 0 Å². The maximum absolute atomic E-state index is 3.15. The zero-order valence-electron chi connectivity index (χ0n) is 7.72. The third-order valence-corrected chi connectivity index (χ3v) is 1.94. The molecule has 1 aliphatic carbocycles. The Morgan fingerprint density at radius 3 is 3.17 bits per heavy atom. The summed E-state index contributed by atoms with van der Waals surface area (Å²) in [5.41, 5.74) is 1.44. The van der Waals surface area contributed by atoms with E-state index in [2.05, 4.69) is 35.7 Å². The van der Waals surface area contributed by atoms with Gasteiger partial charge >= 0.3 is 0 Å². The van der Waals surface area contributed by atoms with Crippen LogP contribution < -0.4 is 5.32 Å². The Kier molecular flexibility index (Phi) is 4.47. The minimum Gasteiger partial charge on any atom is -0.320 e. The summed E-state index contributed by atoms with van der Waals surface area (Å²) in [4.78, 5) is 0. The van der Waals surface area contributed by atoms with Crippen molar-refractivity contribution in [1.82, 2.24) is 5.32 Å². The van der Waals surface area contributed by atoms with Crippen molar-refractivity contribution < 1.29 is 0 Å². The number of nitrogens with one attached hydrogen (secondary N) is 1. The van der Waals surface area contributed by atoms with Gasteiger partial charge in [0.15, 0.2) is 0 Å². The standard InChI is InChI=1S/C11H17N/c1-12-10-6-9-11-7-4-2-3-5-8-11/h2,4-5,7-8,12H,3,6,9-10H2,1H3. The minimum atomic E-state index is 1.08. The first kappa shape index (κ1) is 9.27. The summed E-state index contributed by atoms with van der Waals surface area (Å²) in [5, 5.41) is 3.15. The van der Waals surface area contributed by atoms with Crippen molar-refractivity contribution in [2.75, 3.05) is 13.6 Å². The first-order valence-corrected chi connectivity index (χ1v) is 4.60. The van der Waals surface area contributed by atoms with E-state index in [1.807, 2.05) is 7.05 Å². The summed E-state index contributed by atoms with van der Waals surface area (Å²) in [7, 11) is 2.00. The summed E-state index contributed by atoms with van der Waals surface area (Å²) in [6, 6.07) is 0. The Hall–Kier alpha value is -0.820. The molecule has 0 saturated carbocycles. The van der Waals surface area contributed by atoms with Gasteiger partial charge in [-0.25, -0.2) is 0 Å². The minimum absolute atomic E-state index is 1.08. The Bertz CT molecular complexity index is 199.